The number of aliphatic imine (C=N–C) groups is 1. The molecule has 132 valence electrons. The fourth-order valence-corrected chi connectivity index (χ4v) is 3.97. The molecule has 4 rings (SSSR count). The highest BCUT2D eigenvalue weighted by Gasteiger charge is 2.36. The van der Waals surface area contributed by atoms with Crippen molar-refractivity contribution in [1.29, 1.82) is 0 Å². The smallest absolute Gasteiger partial charge is 0.240 e. The lowest BCUT2D eigenvalue weighted by Crippen LogP contribution is -2.28. The predicted octanol–water partition coefficient (Wildman–Crippen LogP) is 4.43. The zero-order valence-electron chi connectivity index (χ0n) is 15.2. The van der Waals surface area contributed by atoms with Crippen molar-refractivity contribution in [2.24, 2.45) is 10.1 Å². The Kier molecular flexibility index (Phi) is 4.19. The molecule has 0 aromatic heterocycles. The van der Waals surface area contributed by atoms with Gasteiger partial charge in [-0.1, -0.05) is 32.0 Å². The third-order valence-corrected chi connectivity index (χ3v) is 5.84. The summed E-state index contributed by atoms with van der Waals surface area (Å²) >= 11 is 1.74. The van der Waals surface area contributed by atoms with Crippen LogP contribution in [0.3, 0.4) is 0 Å². The fourth-order valence-electron chi connectivity index (χ4n) is 3.56. The molecule has 2 heterocycles. The molecule has 0 saturated carbocycles. The summed E-state index contributed by atoms with van der Waals surface area (Å²) in [6.07, 6.45) is 3.25. The second-order valence-corrected chi connectivity index (χ2v) is 8.02. The lowest BCUT2D eigenvalue weighted by Gasteiger charge is -2.23. The van der Waals surface area contributed by atoms with Crippen LogP contribution in [0.4, 0.5) is 5.69 Å². The zero-order chi connectivity index (χ0) is 18.3. The van der Waals surface area contributed by atoms with Crippen molar-refractivity contribution in [2.45, 2.75) is 37.0 Å². The van der Waals surface area contributed by atoms with Gasteiger partial charge in [0, 0.05) is 23.2 Å². The number of hydrazone groups is 1. The van der Waals surface area contributed by atoms with Crippen molar-refractivity contribution < 1.29 is 4.79 Å². The van der Waals surface area contributed by atoms with Gasteiger partial charge in [-0.2, -0.15) is 5.10 Å². The van der Waals surface area contributed by atoms with Gasteiger partial charge in [-0.3, -0.25) is 9.79 Å². The van der Waals surface area contributed by atoms with Crippen LogP contribution in [-0.4, -0.2) is 23.6 Å². The second-order valence-electron chi connectivity index (χ2n) is 7.14. The van der Waals surface area contributed by atoms with E-state index in [1.165, 1.54) is 10.5 Å². The molecule has 0 bridgehead atoms. The van der Waals surface area contributed by atoms with Gasteiger partial charge >= 0.3 is 0 Å². The maximum Gasteiger partial charge on any atom is 0.240 e. The van der Waals surface area contributed by atoms with Gasteiger partial charge in [-0.25, -0.2) is 5.43 Å². The molecule has 0 unspecified atom stereocenters. The summed E-state index contributed by atoms with van der Waals surface area (Å²) < 4.78 is 0. The molecule has 0 radical (unpaired) electrons. The Morgan fingerprint density at radius 1 is 1.04 bits per heavy atom. The van der Waals surface area contributed by atoms with E-state index >= 15 is 0 Å². The molecule has 4 nitrogen and oxygen atoms in total. The van der Waals surface area contributed by atoms with E-state index in [1.54, 1.807) is 11.8 Å². The summed E-state index contributed by atoms with van der Waals surface area (Å²) in [7, 11) is 0. The third-order valence-electron chi connectivity index (χ3n) is 5.10. The Hall–Kier alpha value is -2.40. The molecule has 2 aromatic rings. The van der Waals surface area contributed by atoms with Gasteiger partial charge in [-0.05, 0) is 47.2 Å². The number of nitrogens with zero attached hydrogens (tertiary/aromatic N) is 2. The lowest BCUT2D eigenvalue weighted by molar-refractivity contribution is -0.121. The molecule has 0 saturated heterocycles. The fraction of sp³-hybridized carbons (Fsp3) is 0.286. The standard InChI is InChI=1S/C21H21N3OS/c1-21(2)16-12-14(17-10-11-19(25)24-23-17)6-9-18(16)22-20(21)13-4-7-15(26-3)8-5-13/h4-9,12H,10-11H2,1-3H3,(H,24,25). The molecule has 0 fully saturated rings. The van der Waals surface area contributed by atoms with Gasteiger partial charge in [0.15, 0.2) is 0 Å². The van der Waals surface area contributed by atoms with Crippen LogP contribution in [0.25, 0.3) is 0 Å². The summed E-state index contributed by atoms with van der Waals surface area (Å²) in [6, 6.07) is 14.9. The van der Waals surface area contributed by atoms with Crippen molar-refractivity contribution in [3.05, 3.63) is 59.2 Å². The normalized spacial score (nSPS) is 18.0. The van der Waals surface area contributed by atoms with Crippen LogP contribution in [0, 0.1) is 0 Å². The van der Waals surface area contributed by atoms with Gasteiger partial charge in [0.05, 0.1) is 17.1 Å². The number of fused-ring (bicyclic) bond motifs is 1. The number of benzene rings is 2. The van der Waals surface area contributed by atoms with E-state index < -0.39 is 0 Å². The molecule has 5 heteroatoms. The summed E-state index contributed by atoms with van der Waals surface area (Å²) in [5.74, 6) is -0.0189. The number of rotatable bonds is 3. The number of amides is 1. The van der Waals surface area contributed by atoms with E-state index in [0.717, 1.165) is 28.2 Å². The van der Waals surface area contributed by atoms with Gasteiger partial charge in [0.2, 0.25) is 5.91 Å². The molecule has 2 aliphatic rings. The average Bonchev–Trinajstić information content (AvgIpc) is 2.93. The van der Waals surface area contributed by atoms with Crippen LogP contribution in [0.2, 0.25) is 0 Å². The highest BCUT2D eigenvalue weighted by atomic mass is 32.2. The van der Waals surface area contributed by atoms with E-state index in [9.17, 15) is 4.79 Å². The van der Waals surface area contributed by atoms with Crippen LogP contribution in [0.15, 0.2) is 57.5 Å². The highest BCUT2D eigenvalue weighted by Crippen LogP contribution is 2.42. The highest BCUT2D eigenvalue weighted by molar-refractivity contribution is 7.98. The van der Waals surface area contributed by atoms with Crippen LogP contribution < -0.4 is 5.43 Å². The van der Waals surface area contributed by atoms with Gasteiger partial charge < -0.3 is 0 Å². The number of thioether (sulfide) groups is 1. The molecule has 2 aromatic carbocycles. The molecular formula is C21H21N3OS. The summed E-state index contributed by atoms with van der Waals surface area (Å²) in [6.45, 7) is 4.43. The Bertz CT molecular complexity index is 942. The van der Waals surface area contributed by atoms with Crippen LogP contribution in [0.1, 0.15) is 43.4 Å². The topological polar surface area (TPSA) is 53.8 Å². The van der Waals surface area contributed by atoms with E-state index in [0.29, 0.717) is 12.8 Å². The van der Waals surface area contributed by atoms with E-state index in [-0.39, 0.29) is 11.3 Å². The van der Waals surface area contributed by atoms with E-state index in [1.807, 2.05) is 0 Å². The van der Waals surface area contributed by atoms with Gasteiger partial charge in [0.25, 0.3) is 0 Å². The Morgan fingerprint density at radius 3 is 2.42 bits per heavy atom. The van der Waals surface area contributed by atoms with Crippen molar-refractivity contribution >= 4 is 34.8 Å². The Labute approximate surface area is 157 Å². The van der Waals surface area contributed by atoms with Crippen molar-refractivity contribution in [1.82, 2.24) is 5.43 Å². The quantitative estimate of drug-likeness (QED) is 0.820. The first-order valence-electron chi connectivity index (χ1n) is 8.73. The first-order chi connectivity index (χ1) is 12.5. The van der Waals surface area contributed by atoms with Crippen LogP contribution in [0.5, 0.6) is 0 Å². The monoisotopic (exact) mass is 363 g/mol. The minimum atomic E-state index is -0.176. The molecule has 0 aliphatic carbocycles. The SMILES string of the molecule is CSc1ccc(C2=Nc3ccc(C4=NNC(=O)CC4)cc3C2(C)C)cc1. The zero-order valence-corrected chi connectivity index (χ0v) is 16.0. The Balaban J connectivity index is 1.70. The molecule has 1 amide bonds. The summed E-state index contributed by atoms with van der Waals surface area (Å²) in [5, 5.41) is 4.23. The number of carbonyl (C=O) groups excluding carboxylic acids is 1. The summed E-state index contributed by atoms with van der Waals surface area (Å²) in [5.41, 5.74) is 8.88. The van der Waals surface area contributed by atoms with Gasteiger partial charge in [0.1, 0.15) is 0 Å². The number of carbonyl (C=O) groups is 1. The second kappa shape index (κ2) is 6.40. The third kappa shape index (κ3) is 2.86. The maximum absolute atomic E-state index is 11.3. The van der Waals surface area contributed by atoms with Crippen molar-refractivity contribution in [3.63, 3.8) is 0 Å². The van der Waals surface area contributed by atoms with Gasteiger partial charge in [-0.15, -0.1) is 11.8 Å². The minimum absolute atomic E-state index is 0.0189. The van der Waals surface area contributed by atoms with E-state index in [2.05, 4.69) is 73.1 Å². The molecule has 0 spiro atoms. The molecule has 2 aliphatic heterocycles. The molecular weight excluding hydrogens is 342 g/mol. The molecule has 0 atom stereocenters. The largest absolute Gasteiger partial charge is 0.273 e. The average molecular weight is 363 g/mol. The number of hydrogen-bond donors (Lipinski definition) is 1. The maximum atomic E-state index is 11.3. The Morgan fingerprint density at radius 2 is 1.77 bits per heavy atom. The summed E-state index contributed by atoms with van der Waals surface area (Å²) in [4.78, 5) is 17.5. The first-order valence-corrected chi connectivity index (χ1v) is 9.95. The van der Waals surface area contributed by atoms with Crippen LogP contribution >= 0.6 is 11.8 Å². The van der Waals surface area contributed by atoms with Crippen molar-refractivity contribution in [2.75, 3.05) is 6.26 Å². The molecule has 1 N–H and O–H groups in total. The van der Waals surface area contributed by atoms with Crippen LogP contribution in [-0.2, 0) is 10.2 Å². The minimum Gasteiger partial charge on any atom is -0.273 e. The number of hydrogen-bond acceptors (Lipinski definition) is 4. The van der Waals surface area contributed by atoms with E-state index in [4.69, 9.17) is 4.99 Å². The predicted molar refractivity (Wildman–Crippen MR) is 108 cm³/mol. The molecule has 26 heavy (non-hydrogen) atoms. The lowest BCUT2D eigenvalue weighted by atomic mass is 9.78. The first kappa shape index (κ1) is 17.0. The number of nitrogens with one attached hydrogen (secondary N) is 1. The van der Waals surface area contributed by atoms with Crippen molar-refractivity contribution in [3.8, 4) is 0 Å².